The van der Waals surface area contributed by atoms with Gasteiger partial charge in [-0.25, -0.2) is 0 Å². The van der Waals surface area contributed by atoms with Crippen molar-refractivity contribution in [2.45, 2.75) is 13.0 Å². The maximum absolute atomic E-state index is 9.89. The van der Waals surface area contributed by atoms with Gasteiger partial charge in [0.2, 0.25) is 0 Å². The number of rotatable bonds is 3. The standard InChI is InChI=1S/C14H13N3O2Se/c1-8(13-11(18)6-3-7-12(13)19)15-9-4-2-5-10-14(9)17-20-16-10/h2-8,15,18-19H,1H3. The van der Waals surface area contributed by atoms with Gasteiger partial charge >= 0.3 is 122 Å². The molecule has 0 spiro atoms. The fourth-order valence-corrected chi connectivity index (χ4v) is 3.37. The van der Waals surface area contributed by atoms with Crippen molar-refractivity contribution in [3.63, 3.8) is 0 Å². The summed E-state index contributed by atoms with van der Waals surface area (Å²) in [7, 11) is 0. The van der Waals surface area contributed by atoms with Crippen LogP contribution in [-0.2, 0) is 0 Å². The number of nitrogens with one attached hydrogen (secondary N) is 1. The SMILES string of the molecule is CC(Nc1cccc2c1N=[Se]=N2)c1c(O)cccc1O. The summed E-state index contributed by atoms with van der Waals surface area (Å²) in [6.07, 6.45) is 0. The van der Waals surface area contributed by atoms with E-state index in [1.165, 1.54) is 0 Å². The molecule has 1 atom stereocenters. The van der Waals surface area contributed by atoms with Crippen LogP contribution >= 0.6 is 0 Å². The number of hydrogen-bond acceptors (Lipinski definition) is 5. The molecule has 1 aliphatic rings. The van der Waals surface area contributed by atoms with E-state index in [1.54, 1.807) is 18.2 Å². The van der Waals surface area contributed by atoms with Gasteiger partial charge in [0.15, 0.2) is 0 Å². The Labute approximate surface area is 122 Å². The molecule has 102 valence electrons. The van der Waals surface area contributed by atoms with Crippen molar-refractivity contribution in [3.05, 3.63) is 42.0 Å². The molecule has 0 fully saturated rings. The monoisotopic (exact) mass is 335 g/mol. The third-order valence-electron chi connectivity index (χ3n) is 3.15. The fourth-order valence-electron chi connectivity index (χ4n) is 2.21. The van der Waals surface area contributed by atoms with Crippen LogP contribution in [0.1, 0.15) is 18.5 Å². The van der Waals surface area contributed by atoms with Crippen LogP contribution in [0.3, 0.4) is 0 Å². The number of fused-ring (bicyclic) bond motifs is 1. The maximum atomic E-state index is 9.89. The van der Waals surface area contributed by atoms with E-state index in [1.807, 2.05) is 25.1 Å². The number of anilines is 1. The molecule has 0 radical (unpaired) electrons. The molecule has 0 bridgehead atoms. The van der Waals surface area contributed by atoms with Crippen molar-refractivity contribution in [1.29, 1.82) is 0 Å². The molecule has 0 saturated carbocycles. The molecule has 0 saturated heterocycles. The Bertz CT molecular complexity index is 719. The first-order valence-corrected chi connectivity index (χ1v) is 7.68. The summed E-state index contributed by atoms with van der Waals surface area (Å²) in [5.41, 5.74) is 3.09. The van der Waals surface area contributed by atoms with E-state index < -0.39 is 0 Å². The van der Waals surface area contributed by atoms with Crippen molar-refractivity contribution >= 4 is 31.6 Å². The predicted molar refractivity (Wildman–Crippen MR) is 78.2 cm³/mol. The van der Waals surface area contributed by atoms with E-state index in [0.29, 0.717) is 5.56 Å². The Morgan fingerprint density at radius 1 is 1.05 bits per heavy atom. The van der Waals surface area contributed by atoms with Crippen LogP contribution in [0.4, 0.5) is 17.1 Å². The first kappa shape index (κ1) is 13.0. The number of nitrogens with zero attached hydrogens (tertiary/aromatic N) is 2. The van der Waals surface area contributed by atoms with E-state index in [4.69, 9.17) is 0 Å². The number of benzene rings is 2. The molecule has 0 aromatic heterocycles. The second-order valence-corrected chi connectivity index (χ2v) is 5.62. The zero-order chi connectivity index (χ0) is 14.1. The van der Waals surface area contributed by atoms with Gasteiger partial charge in [-0.3, -0.25) is 0 Å². The molecule has 3 N–H and O–H groups in total. The molecule has 1 unspecified atom stereocenters. The summed E-state index contributed by atoms with van der Waals surface area (Å²) in [5.74, 6) is 0.145. The van der Waals surface area contributed by atoms with Crippen molar-refractivity contribution in [3.8, 4) is 11.5 Å². The molecule has 3 rings (SSSR count). The van der Waals surface area contributed by atoms with Crippen molar-refractivity contribution in [1.82, 2.24) is 0 Å². The van der Waals surface area contributed by atoms with Crippen LogP contribution in [0.2, 0.25) is 0 Å². The molecule has 2 aromatic carbocycles. The van der Waals surface area contributed by atoms with Gasteiger partial charge in [0.25, 0.3) is 0 Å². The number of hydrogen-bond donors (Lipinski definition) is 3. The van der Waals surface area contributed by atoms with Gasteiger partial charge in [0.05, 0.1) is 0 Å². The first-order chi connectivity index (χ1) is 9.66. The Morgan fingerprint density at radius 3 is 2.50 bits per heavy atom. The molecular formula is C14H13N3O2Se. The molecule has 0 amide bonds. The Morgan fingerprint density at radius 2 is 1.75 bits per heavy atom. The fraction of sp³-hybridized carbons (Fsp3) is 0.143. The van der Waals surface area contributed by atoms with Gasteiger partial charge in [-0.2, -0.15) is 0 Å². The third-order valence-corrected chi connectivity index (χ3v) is 4.29. The van der Waals surface area contributed by atoms with Crippen LogP contribution in [0.5, 0.6) is 11.5 Å². The molecule has 1 aliphatic heterocycles. The van der Waals surface area contributed by atoms with Gasteiger partial charge in [0.1, 0.15) is 0 Å². The molecule has 6 heteroatoms. The van der Waals surface area contributed by atoms with Gasteiger partial charge in [-0.1, -0.05) is 0 Å². The third kappa shape index (κ3) is 2.24. The van der Waals surface area contributed by atoms with Crippen molar-refractivity contribution in [2.75, 3.05) is 5.32 Å². The molecule has 2 aromatic rings. The summed E-state index contributed by atoms with van der Waals surface area (Å²) in [6, 6.07) is 10.3. The van der Waals surface area contributed by atoms with Crippen LogP contribution in [-0.4, -0.2) is 24.8 Å². The Hall–Kier alpha value is -2.04. The minimum absolute atomic E-state index is 0.0726. The van der Waals surface area contributed by atoms with Gasteiger partial charge in [-0.15, -0.1) is 0 Å². The average molecular weight is 334 g/mol. The first-order valence-electron chi connectivity index (χ1n) is 6.15. The van der Waals surface area contributed by atoms with Gasteiger partial charge < -0.3 is 0 Å². The van der Waals surface area contributed by atoms with Gasteiger partial charge in [0, 0.05) is 0 Å². The van der Waals surface area contributed by atoms with E-state index in [9.17, 15) is 10.2 Å². The van der Waals surface area contributed by atoms with Crippen molar-refractivity contribution < 1.29 is 10.2 Å². The predicted octanol–water partition coefficient (Wildman–Crippen LogP) is 3.62. The number of aromatic hydroxyl groups is 2. The molecular weight excluding hydrogens is 321 g/mol. The summed E-state index contributed by atoms with van der Waals surface area (Å²) < 4.78 is 8.73. The molecule has 20 heavy (non-hydrogen) atoms. The topological polar surface area (TPSA) is 77.2 Å². The minimum atomic E-state index is -0.244. The summed E-state index contributed by atoms with van der Waals surface area (Å²) in [5, 5.41) is 23.1. The second kappa shape index (κ2) is 5.15. The molecule has 1 heterocycles. The Balaban J connectivity index is 1.93. The number of phenols is 2. The van der Waals surface area contributed by atoms with Crippen molar-refractivity contribution in [2.24, 2.45) is 7.92 Å². The van der Waals surface area contributed by atoms with E-state index in [2.05, 4.69) is 13.2 Å². The number of phenolic OH excluding ortho intramolecular Hbond substituents is 2. The van der Waals surface area contributed by atoms with E-state index in [-0.39, 0.29) is 32.1 Å². The zero-order valence-corrected chi connectivity index (χ0v) is 12.5. The average Bonchev–Trinajstić information content (AvgIpc) is 2.88. The van der Waals surface area contributed by atoms with Crippen LogP contribution < -0.4 is 5.32 Å². The Kier molecular flexibility index (Phi) is 3.34. The molecule has 0 aliphatic carbocycles. The van der Waals surface area contributed by atoms with E-state index >= 15 is 0 Å². The summed E-state index contributed by atoms with van der Waals surface area (Å²) in [4.78, 5) is 0. The quantitative estimate of drug-likeness (QED) is 0.640. The summed E-state index contributed by atoms with van der Waals surface area (Å²) in [6.45, 7) is 1.88. The second-order valence-electron chi connectivity index (χ2n) is 4.51. The molecule has 5 nitrogen and oxygen atoms in total. The summed E-state index contributed by atoms with van der Waals surface area (Å²) >= 11 is -0.0830. The van der Waals surface area contributed by atoms with Crippen LogP contribution in [0, 0.1) is 0 Å². The van der Waals surface area contributed by atoms with Crippen LogP contribution in [0.15, 0.2) is 44.3 Å². The zero-order valence-electron chi connectivity index (χ0n) is 10.7. The van der Waals surface area contributed by atoms with E-state index in [0.717, 1.165) is 17.1 Å². The normalized spacial score (nSPS) is 13.7. The van der Waals surface area contributed by atoms with Crippen LogP contribution in [0.25, 0.3) is 0 Å². The van der Waals surface area contributed by atoms with Gasteiger partial charge in [-0.05, 0) is 0 Å².